The summed E-state index contributed by atoms with van der Waals surface area (Å²) in [6.45, 7) is 10.1. The lowest BCUT2D eigenvalue weighted by molar-refractivity contribution is 0.0957. The van der Waals surface area contributed by atoms with Crippen molar-refractivity contribution in [2.75, 3.05) is 44.2 Å². The summed E-state index contributed by atoms with van der Waals surface area (Å²) in [6, 6.07) is 6.25. The average molecular weight is 428 g/mol. The summed E-state index contributed by atoms with van der Waals surface area (Å²) in [4.78, 5) is 22.2. The van der Waals surface area contributed by atoms with Gasteiger partial charge in [-0.25, -0.2) is 4.98 Å². The Morgan fingerprint density at radius 3 is 2.70 bits per heavy atom. The van der Waals surface area contributed by atoms with Crippen molar-refractivity contribution < 1.29 is 9.90 Å². The first-order chi connectivity index (χ1) is 14.5. The van der Waals surface area contributed by atoms with Gasteiger partial charge in [-0.3, -0.25) is 9.69 Å². The van der Waals surface area contributed by atoms with Gasteiger partial charge in [0.25, 0.3) is 0 Å². The van der Waals surface area contributed by atoms with Crippen LogP contribution in [0.4, 0.5) is 5.13 Å². The zero-order chi connectivity index (χ0) is 21.1. The SMILES string of the molecule is CC1(C)CCC(=O)c2ccc(-c3csc(N4CCN(CCCCCO)CC4)n3)cc21. The number of benzene rings is 1. The number of aromatic nitrogens is 1. The van der Waals surface area contributed by atoms with Crippen molar-refractivity contribution in [2.24, 2.45) is 0 Å². The molecule has 0 saturated carbocycles. The highest BCUT2D eigenvalue weighted by atomic mass is 32.1. The summed E-state index contributed by atoms with van der Waals surface area (Å²) >= 11 is 1.72. The summed E-state index contributed by atoms with van der Waals surface area (Å²) in [7, 11) is 0. The number of nitrogens with zero attached hydrogens (tertiary/aromatic N) is 3. The summed E-state index contributed by atoms with van der Waals surface area (Å²) in [5, 5.41) is 12.1. The molecule has 0 amide bonds. The molecule has 1 aliphatic heterocycles. The summed E-state index contributed by atoms with van der Waals surface area (Å²) in [5.74, 6) is 0.268. The number of carbonyl (C=O) groups excluding carboxylic acids is 1. The lowest BCUT2D eigenvalue weighted by Crippen LogP contribution is -2.46. The monoisotopic (exact) mass is 427 g/mol. The van der Waals surface area contributed by atoms with E-state index in [1.165, 1.54) is 12.0 Å². The number of hydrogen-bond acceptors (Lipinski definition) is 6. The molecule has 5 nitrogen and oxygen atoms in total. The molecule has 0 spiro atoms. The van der Waals surface area contributed by atoms with Gasteiger partial charge in [0.1, 0.15) is 0 Å². The maximum atomic E-state index is 12.3. The number of anilines is 1. The maximum Gasteiger partial charge on any atom is 0.185 e. The lowest BCUT2D eigenvalue weighted by Gasteiger charge is -2.34. The number of thiazole rings is 1. The quantitative estimate of drug-likeness (QED) is 0.666. The fraction of sp³-hybridized carbons (Fsp3) is 0.583. The van der Waals surface area contributed by atoms with E-state index in [0.29, 0.717) is 13.0 Å². The molecule has 1 fully saturated rings. The maximum absolute atomic E-state index is 12.3. The van der Waals surface area contributed by atoms with Crippen molar-refractivity contribution in [1.29, 1.82) is 0 Å². The Labute approximate surface area is 183 Å². The summed E-state index contributed by atoms with van der Waals surface area (Å²) < 4.78 is 0. The van der Waals surface area contributed by atoms with Crippen LogP contribution < -0.4 is 4.90 Å². The van der Waals surface area contributed by atoms with Gasteiger partial charge >= 0.3 is 0 Å². The minimum atomic E-state index is 0.0333. The number of aliphatic hydroxyl groups is 1. The predicted octanol–water partition coefficient (Wildman–Crippen LogP) is 4.35. The second-order valence-corrected chi connectivity index (χ2v) is 10.0. The highest BCUT2D eigenvalue weighted by Gasteiger charge is 2.32. The number of Topliss-reactive ketones (excluding diaryl/α,β-unsaturated/α-hetero) is 1. The number of rotatable bonds is 7. The fourth-order valence-corrected chi connectivity index (χ4v) is 5.42. The van der Waals surface area contributed by atoms with Crippen LogP contribution in [0.5, 0.6) is 0 Å². The van der Waals surface area contributed by atoms with Gasteiger partial charge < -0.3 is 10.0 Å². The van der Waals surface area contributed by atoms with Gasteiger partial charge in [0.2, 0.25) is 0 Å². The predicted molar refractivity (Wildman–Crippen MR) is 124 cm³/mol. The Hall–Kier alpha value is -1.76. The normalized spacial score (nSPS) is 19.2. The zero-order valence-electron chi connectivity index (χ0n) is 18.2. The number of unbranched alkanes of at least 4 members (excludes halogenated alkanes) is 2. The van der Waals surface area contributed by atoms with Crippen molar-refractivity contribution in [3.05, 3.63) is 34.7 Å². The smallest absolute Gasteiger partial charge is 0.185 e. The number of ketones is 1. The van der Waals surface area contributed by atoms with Crippen LogP contribution in [0.25, 0.3) is 11.3 Å². The molecule has 1 saturated heterocycles. The van der Waals surface area contributed by atoms with E-state index in [1.54, 1.807) is 11.3 Å². The van der Waals surface area contributed by atoms with Crippen LogP contribution in [0, 0.1) is 0 Å². The number of aliphatic hydroxyl groups excluding tert-OH is 1. The van der Waals surface area contributed by atoms with E-state index in [0.717, 1.165) is 73.9 Å². The molecule has 0 unspecified atom stereocenters. The van der Waals surface area contributed by atoms with Crippen molar-refractivity contribution in [3.8, 4) is 11.3 Å². The number of hydrogen-bond donors (Lipinski definition) is 1. The van der Waals surface area contributed by atoms with E-state index in [9.17, 15) is 4.79 Å². The third kappa shape index (κ3) is 4.61. The Morgan fingerprint density at radius 2 is 1.93 bits per heavy atom. The molecule has 1 N–H and O–H groups in total. The van der Waals surface area contributed by atoms with E-state index < -0.39 is 0 Å². The molecule has 2 aromatic rings. The van der Waals surface area contributed by atoms with E-state index in [-0.39, 0.29) is 11.2 Å². The van der Waals surface area contributed by atoms with E-state index in [4.69, 9.17) is 10.1 Å². The van der Waals surface area contributed by atoms with Crippen LogP contribution in [0.2, 0.25) is 0 Å². The first-order valence-corrected chi connectivity index (χ1v) is 12.1. The lowest BCUT2D eigenvalue weighted by atomic mass is 9.72. The van der Waals surface area contributed by atoms with Crippen LogP contribution in [0.15, 0.2) is 23.6 Å². The van der Waals surface area contributed by atoms with Gasteiger partial charge in [-0.05, 0) is 49.3 Å². The van der Waals surface area contributed by atoms with Gasteiger partial charge in [-0.15, -0.1) is 11.3 Å². The topological polar surface area (TPSA) is 56.7 Å². The van der Waals surface area contributed by atoms with Crippen molar-refractivity contribution >= 4 is 22.3 Å². The first kappa shape index (κ1) is 21.5. The standard InChI is InChI=1S/C24H33N3O2S/c1-24(2)9-8-22(29)19-7-6-18(16-20(19)24)21-17-30-23(25-21)27-13-11-26(12-14-27)10-4-3-5-15-28/h6-7,16-17,28H,3-5,8-15H2,1-2H3. The largest absolute Gasteiger partial charge is 0.396 e. The average Bonchev–Trinajstić information content (AvgIpc) is 3.25. The Kier molecular flexibility index (Phi) is 6.56. The number of fused-ring (bicyclic) bond motifs is 1. The molecular weight excluding hydrogens is 394 g/mol. The Balaban J connectivity index is 1.41. The minimum absolute atomic E-state index is 0.0333. The number of carbonyl (C=O) groups is 1. The van der Waals surface area contributed by atoms with E-state index in [2.05, 4.69) is 41.2 Å². The van der Waals surface area contributed by atoms with Crippen LogP contribution >= 0.6 is 11.3 Å². The molecule has 0 radical (unpaired) electrons. The van der Waals surface area contributed by atoms with Crippen molar-refractivity contribution in [3.63, 3.8) is 0 Å². The Bertz CT molecular complexity index is 884. The van der Waals surface area contributed by atoms with E-state index in [1.807, 2.05) is 6.07 Å². The second-order valence-electron chi connectivity index (χ2n) is 9.20. The molecule has 1 aliphatic carbocycles. The van der Waals surface area contributed by atoms with Crippen LogP contribution in [-0.4, -0.2) is 60.1 Å². The fourth-order valence-electron chi connectivity index (χ4n) is 4.53. The van der Waals surface area contributed by atoms with Gasteiger partial charge in [-0.1, -0.05) is 26.0 Å². The molecule has 1 aromatic carbocycles. The summed E-state index contributed by atoms with van der Waals surface area (Å²) in [6.07, 6.45) is 4.74. The Morgan fingerprint density at radius 1 is 1.13 bits per heavy atom. The van der Waals surface area contributed by atoms with Crippen LogP contribution in [0.1, 0.15) is 61.9 Å². The molecule has 2 heterocycles. The third-order valence-corrected chi connectivity index (χ3v) is 7.49. The second kappa shape index (κ2) is 9.16. The van der Waals surface area contributed by atoms with Gasteiger partial charge in [0.05, 0.1) is 5.69 Å². The minimum Gasteiger partial charge on any atom is -0.396 e. The molecule has 0 atom stereocenters. The molecule has 162 valence electrons. The molecule has 6 heteroatoms. The highest BCUT2D eigenvalue weighted by molar-refractivity contribution is 7.14. The first-order valence-electron chi connectivity index (χ1n) is 11.2. The highest BCUT2D eigenvalue weighted by Crippen LogP contribution is 2.39. The summed E-state index contributed by atoms with van der Waals surface area (Å²) in [5.41, 5.74) is 4.21. The molecule has 2 aliphatic rings. The molecule has 1 aromatic heterocycles. The molecular formula is C24H33N3O2S. The number of piperazine rings is 1. The van der Waals surface area contributed by atoms with Crippen LogP contribution in [0.3, 0.4) is 0 Å². The van der Waals surface area contributed by atoms with E-state index >= 15 is 0 Å². The third-order valence-electron chi connectivity index (χ3n) is 6.59. The van der Waals surface area contributed by atoms with Gasteiger partial charge in [0, 0.05) is 55.7 Å². The van der Waals surface area contributed by atoms with Gasteiger partial charge in [-0.2, -0.15) is 0 Å². The van der Waals surface area contributed by atoms with Crippen molar-refractivity contribution in [1.82, 2.24) is 9.88 Å². The van der Waals surface area contributed by atoms with Crippen molar-refractivity contribution in [2.45, 2.75) is 51.4 Å². The molecule has 30 heavy (non-hydrogen) atoms. The molecule has 0 bridgehead atoms. The molecule has 4 rings (SSSR count). The van der Waals surface area contributed by atoms with Gasteiger partial charge in [0.15, 0.2) is 10.9 Å². The zero-order valence-corrected chi connectivity index (χ0v) is 19.0. The van der Waals surface area contributed by atoms with Crippen LogP contribution in [-0.2, 0) is 5.41 Å².